The molecule has 1 aromatic rings. The maximum absolute atomic E-state index is 13.0. The van der Waals surface area contributed by atoms with Gasteiger partial charge in [0, 0.05) is 10.9 Å². The normalized spacial score (nSPS) is 26.5. The number of carbonyl (C=O) groups excluding carboxylic acids is 1. The zero-order chi connectivity index (χ0) is 17.4. The van der Waals surface area contributed by atoms with Gasteiger partial charge in [0.15, 0.2) is 0 Å². The topological polar surface area (TPSA) is 47.6 Å². The Morgan fingerprint density at radius 1 is 1.33 bits per heavy atom. The van der Waals surface area contributed by atoms with Gasteiger partial charge < -0.3 is 14.8 Å². The molecule has 0 aliphatic carbocycles. The minimum atomic E-state index is -0.507. The van der Waals surface area contributed by atoms with E-state index in [4.69, 9.17) is 21.1 Å². The lowest BCUT2D eigenvalue weighted by atomic mass is 9.73. The molecule has 2 aliphatic rings. The van der Waals surface area contributed by atoms with E-state index >= 15 is 0 Å². The fraction of sp³-hybridized carbons (Fsp3) is 0.632. The van der Waals surface area contributed by atoms with E-state index in [0.717, 1.165) is 31.5 Å². The summed E-state index contributed by atoms with van der Waals surface area (Å²) in [5.41, 5.74) is 0.113. The molecular weight excluding hydrogens is 326 g/mol. The first-order chi connectivity index (χ1) is 11.3. The maximum atomic E-state index is 13.0. The van der Waals surface area contributed by atoms with Crippen LogP contribution in [-0.2, 0) is 14.3 Å². The van der Waals surface area contributed by atoms with E-state index < -0.39 is 11.2 Å². The van der Waals surface area contributed by atoms with Crippen molar-refractivity contribution in [2.24, 2.45) is 5.92 Å². The van der Waals surface area contributed by atoms with Crippen LogP contribution in [0.3, 0.4) is 0 Å². The van der Waals surface area contributed by atoms with Crippen LogP contribution in [0.25, 0.3) is 0 Å². The fourth-order valence-electron chi connectivity index (χ4n) is 3.88. The Labute approximate surface area is 148 Å². The van der Waals surface area contributed by atoms with E-state index in [1.165, 1.54) is 0 Å². The van der Waals surface area contributed by atoms with Crippen LogP contribution in [0.5, 0.6) is 0 Å². The van der Waals surface area contributed by atoms with Crippen molar-refractivity contribution < 1.29 is 14.3 Å². The van der Waals surface area contributed by atoms with Crippen molar-refractivity contribution in [3.8, 4) is 0 Å². The molecule has 0 bridgehead atoms. The minimum Gasteiger partial charge on any atom is -0.460 e. The molecule has 0 saturated carbocycles. The summed E-state index contributed by atoms with van der Waals surface area (Å²) in [5.74, 6) is -0.471. The van der Waals surface area contributed by atoms with Crippen molar-refractivity contribution in [1.29, 1.82) is 0 Å². The van der Waals surface area contributed by atoms with Gasteiger partial charge in [-0.15, -0.1) is 0 Å². The number of halogens is 1. The lowest BCUT2D eigenvalue weighted by Crippen LogP contribution is -2.50. The number of hydrogen-bond donors (Lipinski definition) is 1. The largest absolute Gasteiger partial charge is 0.460 e. The first kappa shape index (κ1) is 17.7. The van der Waals surface area contributed by atoms with Crippen LogP contribution >= 0.6 is 11.6 Å². The van der Waals surface area contributed by atoms with Crippen molar-refractivity contribution in [3.63, 3.8) is 0 Å². The molecule has 2 saturated heterocycles. The Balaban J connectivity index is 1.94. The van der Waals surface area contributed by atoms with Crippen molar-refractivity contribution >= 4 is 17.6 Å². The Kier molecular flexibility index (Phi) is 4.92. The Morgan fingerprint density at radius 3 is 2.67 bits per heavy atom. The lowest BCUT2D eigenvalue weighted by Gasteiger charge is -2.39. The molecular formula is C19H26ClNO3. The Morgan fingerprint density at radius 2 is 2.04 bits per heavy atom. The van der Waals surface area contributed by atoms with Crippen molar-refractivity contribution in [1.82, 2.24) is 5.32 Å². The number of benzene rings is 1. The molecule has 0 radical (unpaired) electrons. The van der Waals surface area contributed by atoms with Gasteiger partial charge in [0.05, 0.1) is 18.1 Å². The fourth-order valence-corrected chi connectivity index (χ4v) is 4.08. The highest BCUT2D eigenvalue weighted by Gasteiger charge is 2.55. The number of rotatable bonds is 2. The van der Waals surface area contributed by atoms with E-state index in [2.05, 4.69) is 5.32 Å². The molecule has 24 heavy (non-hydrogen) atoms. The van der Waals surface area contributed by atoms with Gasteiger partial charge in [-0.25, -0.2) is 0 Å². The van der Waals surface area contributed by atoms with E-state index in [1.54, 1.807) is 0 Å². The van der Waals surface area contributed by atoms with Gasteiger partial charge in [-0.3, -0.25) is 4.79 Å². The third kappa shape index (κ3) is 3.61. The summed E-state index contributed by atoms with van der Waals surface area (Å²) in [7, 11) is 0. The zero-order valence-electron chi connectivity index (χ0n) is 14.6. The summed E-state index contributed by atoms with van der Waals surface area (Å²) in [6, 6.07) is 7.74. The number of carbonyl (C=O) groups is 1. The predicted molar refractivity (Wildman–Crippen MR) is 94.3 cm³/mol. The molecule has 132 valence electrons. The molecule has 2 aliphatic heterocycles. The van der Waals surface area contributed by atoms with Gasteiger partial charge in [0.1, 0.15) is 5.60 Å². The number of hydrogen-bond acceptors (Lipinski definition) is 4. The van der Waals surface area contributed by atoms with Gasteiger partial charge in [0.25, 0.3) is 0 Å². The summed E-state index contributed by atoms with van der Waals surface area (Å²) in [5, 5.41) is 4.04. The second-order valence-electron chi connectivity index (χ2n) is 7.80. The average molecular weight is 352 g/mol. The summed E-state index contributed by atoms with van der Waals surface area (Å²) in [4.78, 5) is 13.0. The third-order valence-corrected chi connectivity index (χ3v) is 5.14. The van der Waals surface area contributed by atoms with Gasteiger partial charge in [-0.05, 0) is 64.4 Å². The van der Waals surface area contributed by atoms with Crippen molar-refractivity contribution in [2.45, 2.75) is 50.7 Å². The summed E-state index contributed by atoms with van der Waals surface area (Å²) >= 11 is 6.17. The standard InChI is InChI=1S/C19H26ClNO3/c1-18(2,3)24-17(22)16-15(13-5-4-6-14(20)11-13)12-23-19(16)7-9-21-10-8-19/h4-6,11,15-16,21H,7-10,12H2,1-3H3. The van der Waals surface area contributed by atoms with E-state index in [-0.39, 0.29) is 17.8 Å². The molecule has 1 N–H and O–H groups in total. The van der Waals surface area contributed by atoms with Gasteiger partial charge in [-0.1, -0.05) is 23.7 Å². The molecule has 2 atom stereocenters. The van der Waals surface area contributed by atoms with Gasteiger partial charge in [0.2, 0.25) is 0 Å². The van der Waals surface area contributed by atoms with Gasteiger partial charge >= 0.3 is 5.97 Å². The highest BCUT2D eigenvalue weighted by molar-refractivity contribution is 6.30. The average Bonchev–Trinajstić information content (AvgIpc) is 2.85. The van der Waals surface area contributed by atoms with Crippen LogP contribution in [0.2, 0.25) is 5.02 Å². The highest BCUT2D eigenvalue weighted by Crippen LogP contribution is 2.48. The number of nitrogens with one attached hydrogen (secondary N) is 1. The summed E-state index contributed by atoms with van der Waals surface area (Å²) < 4.78 is 12.0. The molecule has 0 amide bonds. The molecule has 1 aromatic carbocycles. The lowest BCUT2D eigenvalue weighted by molar-refractivity contribution is -0.168. The number of esters is 1. The summed E-state index contributed by atoms with van der Waals surface area (Å²) in [6.45, 7) is 7.98. The highest BCUT2D eigenvalue weighted by atomic mass is 35.5. The molecule has 1 spiro atoms. The van der Waals surface area contributed by atoms with Crippen LogP contribution < -0.4 is 5.32 Å². The van der Waals surface area contributed by atoms with E-state index in [9.17, 15) is 4.79 Å². The second-order valence-corrected chi connectivity index (χ2v) is 8.23. The molecule has 5 heteroatoms. The van der Waals surface area contributed by atoms with E-state index in [0.29, 0.717) is 11.6 Å². The van der Waals surface area contributed by atoms with Crippen LogP contribution in [0, 0.1) is 5.92 Å². The predicted octanol–water partition coefficient (Wildman–Crippen LogP) is 3.53. The SMILES string of the molecule is CC(C)(C)OC(=O)C1C(c2cccc(Cl)c2)COC12CCNCC2. The van der Waals surface area contributed by atoms with Crippen LogP contribution in [-0.4, -0.2) is 36.9 Å². The van der Waals surface area contributed by atoms with Crippen LogP contribution in [0.1, 0.15) is 45.1 Å². The zero-order valence-corrected chi connectivity index (χ0v) is 15.4. The van der Waals surface area contributed by atoms with Gasteiger partial charge in [-0.2, -0.15) is 0 Å². The molecule has 3 rings (SSSR count). The quantitative estimate of drug-likeness (QED) is 0.828. The number of piperidine rings is 1. The number of ether oxygens (including phenoxy) is 2. The molecule has 4 nitrogen and oxygen atoms in total. The third-order valence-electron chi connectivity index (χ3n) is 4.91. The maximum Gasteiger partial charge on any atom is 0.313 e. The molecule has 2 unspecified atom stereocenters. The molecule has 2 fully saturated rings. The monoisotopic (exact) mass is 351 g/mol. The molecule has 0 aromatic heterocycles. The Hall–Kier alpha value is -1.10. The second kappa shape index (κ2) is 6.66. The van der Waals surface area contributed by atoms with Crippen molar-refractivity contribution in [2.75, 3.05) is 19.7 Å². The van der Waals surface area contributed by atoms with Crippen LogP contribution in [0.15, 0.2) is 24.3 Å². The van der Waals surface area contributed by atoms with Crippen LogP contribution in [0.4, 0.5) is 0 Å². The van der Waals surface area contributed by atoms with E-state index in [1.807, 2.05) is 45.0 Å². The first-order valence-electron chi connectivity index (χ1n) is 8.64. The van der Waals surface area contributed by atoms with Crippen molar-refractivity contribution in [3.05, 3.63) is 34.9 Å². The minimum absolute atomic E-state index is 0.0170. The first-order valence-corrected chi connectivity index (χ1v) is 9.02. The summed E-state index contributed by atoms with van der Waals surface area (Å²) in [6.07, 6.45) is 1.65. The smallest absolute Gasteiger partial charge is 0.313 e. The molecule has 2 heterocycles. The Bertz CT molecular complexity index is 605.